The number of aryl methyl sites for hydroxylation is 1. The van der Waals surface area contributed by atoms with E-state index in [1.807, 2.05) is 29.8 Å². The average Bonchev–Trinajstić information content (AvgIpc) is 3.05. The normalized spacial score (nSPS) is 10.3. The molecule has 0 fully saturated rings. The Kier molecular flexibility index (Phi) is 8.10. The summed E-state index contributed by atoms with van der Waals surface area (Å²) in [6.07, 6.45) is 0. The van der Waals surface area contributed by atoms with Crippen molar-refractivity contribution >= 4 is 51.5 Å². The fraction of sp³-hybridized carbons (Fsp3) is 0.250. The van der Waals surface area contributed by atoms with Gasteiger partial charge >= 0.3 is 5.97 Å². The van der Waals surface area contributed by atoms with Crippen molar-refractivity contribution in [1.82, 2.24) is 9.55 Å². The minimum atomic E-state index is -0.461. The predicted octanol–water partition coefficient (Wildman–Crippen LogP) is 3.69. The van der Waals surface area contributed by atoms with Crippen molar-refractivity contribution in [3.8, 4) is 11.5 Å². The van der Waals surface area contributed by atoms with Crippen LogP contribution in [0.2, 0.25) is 0 Å². The smallest absolute Gasteiger partial charge is 0.343 e. The highest BCUT2D eigenvalue weighted by atomic mass is 79.9. The van der Waals surface area contributed by atoms with E-state index in [2.05, 4.69) is 9.72 Å². The molecule has 2 aromatic carbocycles. The van der Waals surface area contributed by atoms with Crippen LogP contribution in [-0.4, -0.2) is 47.9 Å². The zero-order valence-corrected chi connectivity index (χ0v) is 18.7. The van der Waals surface area contributed by atoms with Crippen LogP contribution in [0.1, 0.15) is 10.4 Å². The van der Waals surface area contributed by atoms with E-state index in [0.29, 0.717) is 11.3 Å². The quantitative estimate of drug-likeness (QED) is 0.276. The summed E-state index contributed by atoms with van der Waals surface area (Å²) in [6.45, 7) is -0.169. The Bertz CT molecular complexity index is 1000. The minimum Gasteiger partial charge on any atom is -0.497 e. The molecule has 0 unspecified atom stereocenters. The summed E-state index contributed by atoms with van der Waals surface area (Å²) >= 11 is 1.38. The summed E-state index contributed by atoms with van der Waals surface area (Å²) in [5.74, 6) is 1.02. The Morgan fingerprint density at radius 2 is 1.76 bits per heavy atom. The molecule has 29 heavy (non-hydrogen) atoms. The maximum absolute atomic E-state index is 12.5. The van der Waals surface area contributed by atoms with Gasteiger partial charge in [-0.15, -0.1) is 17.0 Å². The van der Waals surface area contributed by atoms with Gasteiger partial charge in [-0.3, -0.25) is 4.79 Å². The van der Waals surface area contributed by atoms with Gasteiger partial charge in [0.25, 0.3) is 0 Å². The van der Waals surface area contributed by atoms with E-state index in [1.54, 1.807) is 31.4 Å². The summed E-state index contributed by atoms with van der Waals surface area (Å²) in [4.78, 5) is 28.1. The van der Waals surface area contributed by atoms with E-state index in [9.17, 15) is 9.59 Å². The number of benzene rings is 2. The highest BCUT2D eigenvalue weighted by molar-refractivity contribution is 8.93. The van der Waals surface area contributed by atoms with Gasteiger partial charge in [-0.25, -0.2) is 9.78 Å². The molecule has 3 aromatic rings. The number of carbonyl (C=O) groups excluding carboxylic acids is 2. The molecule has 0 aliphatic carbocycles. The highest BCUT2D eigenvalue weighted by Gasteiger charge is 2.13. The van der Waals surface area contributed by atoms with Crippen LogP contribution in [0, 0.1) is 0 Å². The monoisotopic (exact) mass is 480 g/mol. The predicted molar refractivity (Wildman–Crippen MR) is 117 cm³/mol. The molecule has 0 bridgehead atoms. The first kappa shape index (κ1) is 22.8. The molecule has 7 nitrogen and oxygen atoms in total. The molecule has 3 rings (SSSR count). The summed E-state index contributed by atoms with van der Waals surface area (Å²) in [5, 5.41) is 0.759. The van der Waals surface area contributed by atoms with Gasteiger partial charge in [-0.05, 0) is 36.4 Å². The number of ether oxygens (including phenoxy) is 3. The van der Waals surface area contributed by atoms with E-state index in [4.69, 9.17) is 9.47 Å². The third-order valence-electron chi connectivity index (χ3n) is 4.14. The van der Waals surface area contributed by atoms with Gasteiger partial charge in [0.2, 0.25) is 0 Å². The molecular weight excluding hydrogens is 460 g/mol. The Morgan fingerprint density at radius 3 is 2.41 bits per heavy atom. The first-order valence-electron chi connectivity index (χ1n) is 8.48. The number of hydrogen-bond acceptors (Lipinski definition) is 7. The Balaban J connectivity index is 0.00000300. The van der Waals surface area contributed by atoms with E-state index in [-0.39, 0.29) is 35.1 Å². The maximum Gasteiger partial charge on any atom is 0.343 e. The maximum atomic E-state index is 12.5. The number of fused-ring (bicyclic) bond motifs is 1. The lowest BCUT2D eigenvalue weighted by molar-refractivity contribution is -0.142. The van der Waals surface area contributed by atoms with Crippen LogP contribution in [0.25, 0.3) is 11.0 Å². The zero-order chi connectivity index (χ0) is 20.1. The summed E-state index contributed by atoms with van der Waals surface area (Å²) in [7, 11) is 4.83. The molecule has 0 saturated carbocycles. The SMILES string of the molecule is Br.COC(=O)COc1ccc(C(=O)CSc2nc3cc(OC)ccc3n2C)cc1. The number of methoxy groups -OCH3 is 2. The molecular formula is C20H21BrN2O5S. The third-order valence-corrected chi connectivity index (χ3v) is 5.17. The number of thioether (sulfide) groups is 1. The molecule has 0 radical (unpaired) electrons. The Labute approximate surface area is 183 Å². The number of Topliss-reactive ketones (excluding diaryl/α,β-unsaturated/α-hetero) is 1. The number of aromatic nitrogens is 2. The molecule has 0 atom stereocenters. The van der Waals surface area contributed by atoms with Gasteiger partial charge in [-0.2, -0.15) is 0 Å². The second-order valence-electron chi connectivity index (χ2n) is 5.91. The first-order chi connectivity index (χ1) is 13.5. The van der Waals surface area contributed by atoms with Gasteiger partial charge in [0.1, 0.15) is 11.5 Å². The lowest BCUT2D eigenvalue weighted by Gasteiger charge is -2.06. The molecule has 9 heteroatoms. The van der Waals surface area contributed by atoms with Crippen molar-refractivity contribution in [1.29, 1.82) is 0 Å². The first-order valence-corrected chi connectivity index (χ1v) is 9.46. The van der Waals surface area contributed by atoms with Gasteiger partial charge in [0.05, 0.1) is 31.0 Å². The minimum absolute atomic E-state index is 0. The third kappa shape index (κ3) is 5.51. The highest BCUT2D eigenvalue weighted by Crippen LogP contribution is 2.26. The van der Waals surface area contributed by atoms with Gasteiger partial charge in [0, 0.05) is 18.7 Å². The number of halogens is 1. The van der Waals surface area contributed by atoms with Crippen molar-refractivity contribution in [3.05, 3.63) is 48.0 Å². The molecule has 0 amide bonds. The lowest BCUT2D eigenvalue weighted by atomic mass is 10.1. The fourth-order valence-electron chi connectivity index (χ4n) is 2.57. The molecule has 0 saturated heterocycles. The van der Waals surface area contributed by atoms with Crippen LogP contribution >= 0.6 is 28.7 Å². The van der Waals surface area contributed by atoms with Crippen LogP contribution in [0.5, 0.6) is 11.5 Å². The largest absolute Gasteiger partial charge is 0.497 e. The number of esters is 1. The van der Waals surface area contributed by atoms with E-state index in [1.165, 1.54) is 18.9 Å². The van der Waals surface area contributed by atoms with Crippen molar-refractivity contribution < 1.29 is 23.8 Å². The molecule has 0 aliphatic heterocycles. The van der Waals surface area contributed by atoms with Crippen LogP contribution < -0.4 is 9.47 Å². The number of nitrogens with zero attached hydrogens (tertiary/aromatic N) is 2. The van der Waals surface area contributed by atoms with Crippen LogP contribution in [0.4, 0.5) is 0 Å². The van der Waals surface area contributed by atoms with Crippen molar-refractivity contribution in [3.63, 3.8) is 0 Å². The number of hydrogen-bond donors (Lipinski definition) is 0. The molecule has 0 spiro atoms. The van der Waals surface area contributed by atoms with Crippen molar-refractivity contribution in [2.75, 3.05) is 26.6 Å². The van der Waals surface area contributed by atoms with Crippen LogP contribution in [0.3, 0.4) is 0 Å². The number of rotatable bonds is 8. The standard InChI is InChI=1S/C20H20N2O5S.BrH/c1-22-17-9-8-15(25-2)10-16(17)21-20(22)28-12-18(23)13-4-6-14(7-5-13)27-11-19(24)26-3;/h4-10H,11-12H2,1-3H3;1H. The van der Waals surface area contributed by atoms with Crippen LogP contribution in [0.15, 0.2) is 47.6 Å². The fourth-order valence-corrected chi connectivity index (χ4v) is 3.45. The molecule has 1 heterocycles. The summed E-state index contributed by atoms with van der Waals surface area (Å²) in [5.41, 5.74) is 2.37. The molecule has 1 aromatic heterocycles. The average molecular weight is 481 g/mol. The van der Waals surface area contributed by atoms with Gasteiger partial charge in [-0.1, -0.05) is 11.8 Å². The second-order valence-corrected chi connectivity index (χ2v) is 6.85. The lowest BCUT2D eigenvalue weighted by Crippen LogP contribution is -2.12. The Hall–Kier alpha value is -2.52. The molecule has 154 valence electrons. The topological polar surface area (TPSA) is 79.7 Å². The summed E-state index contributed by atoms with van der Waals surface area (Å²) in [6, 6.07) is 12.4. The van der Waals surface area contributed by atoms with Gasteiger partial charge < -0.3 is 18.8 Å². The zero-order valence-electron chi connectivity index (χ0n) is 16.2. The number of carbonyl (C=O) groups is 2. The van der Waals surface area contributed by atoms with Crippen molar-refractivity contribution in [2.45, 2.75) is 5.16 Å². The van der Waals surface area contributed by atoms with E-state index < -0.39 is 5.97 Å². The number of imidazole rings is 1. The van der Waals surface area contributed by atoms with E-state index in [0.717, 1.165) is 21.9 Å². The van der Waals surface area contributed by atoms with Crippen LogP contribution in [-0.2, 0) is 16.6 Å². The molecule has 0 aliphatic rings. The molecule has 0 N–H and O–H groups in total. The van der Waals surface area contributed by atoms with Crippen molar-refractivity contribution in [2.24, 2.45) is 7.05 Å². The number of ketones is 1. The van der Waals surface area contributed by atoms with E-state index >= 15 is 0 Å². The summed E-state index contributed by atoms with van der Waals surface area (Å²) < 4.78 is 17.0. The second kappa shape index (κ2) is 10.3. The van der Waals surface area contributed by atoms with Gasteiger partial charge in [0.15, 0.2) is 17.5 Å². The Morgan fingerprint density at radius 1 is 1.07 bits per heavy atom.